The summed E-state index contributed by atoms with van der Waals surface area (Å²) in [6, 6.07) is 12.5. The van der Waals surface area contributed by atoms with Crippen molar-refractivity contribution in [3.63, 3.8) is 0 Å². The van der Waals surface area contributed by atoms with Gasteiger partial charge in [0.15, 0.2) is 0 Å². The van der Waals surface area contributed by atoms with E-state index in [1.54, 1.807) is 18.3 Å². The highest BCUT2D eigenvalue weighted by atomic mass is 16.5. The Morgan fingerprint density at radius 3 is 2.77 bits per heavy atom. The van der Waals surface area contributed by atoms with Crippen molar-refractivity contribution in [1.29, 1.82) is 5.26 Å². The van der Waals surface area contributed by atoms with Crippen molar-refractivity contribution in [2.45, 2.75) is 26.4 Å². The molecule has 0 radical (unpaired) electrons. The zero-order valence-electron chi connectivity index (χ0n) is 16.6. The van der Waals surface area contributed by atoms with E-state index in [0.717, 1.165) is 11.5 Å². The molecule has 30 heavy (non-hydrogen) atoms. The lowest BCUT2D eigenvalue weighted by Gasteiger charge is -2.31. The molecule has 8 nitrogen and oxygen atoms in total. The first-order valence-corrected chi connectivity index (χ1v) is 9.81. The van der Waals surface area contributed by atoms with E-state index in [1.807, 2.05) is 25.1 Å². The maximum Gasteiger partial charge on any atom is 0.309 e. The second-order valence-electron chi connectivity index (χ2n) is 7.33. The fourth-order valence-corrected chi connectivity index (χ4v) is 3.68. The number of nitriles is 1. The van der Waals surface area contributed by atoms with Gasteiger partial charge in [-0.15, -0.1) is 0 Å². The summed E-state index contributed by atoms with van der Waals surface area (Å²) in [5.41, 5.74) is 2.12. The topological polar surface area (TPSA) is 101 Å². The van der Waals surface area contributed by atoms with E-state index in [9.17, 15) is 9.59 Å². The number of carbonyl (C=O) groups excluding carboxylic acids is 1. The number of carbonyl (C=O) groups is 1. The first-order valence-electron chi connectivity index (χ1n) is 9.81. The van der Waals surface area contributed by atoms with Crippen molar-refractivity contribution in [2.75, 3.05) is 18.0 Å². The van der Waals surface area contributed by atoms with Gasteiger partial charge < -0.3 is 9.64 Å². The number of ether oxygens (including phenoxy) is 1. The molecule has 4 rings (SSSR count). The summed E-state index contributed by atoms with van der Waals surface area (Å²) in [7, 11) is 0. The van der Waals surface area contributed by atoms with Crippen LogP contribution in [-0.4, -0.2) is 33.4 Å². The first kappa shape index (κ1) is 19.6. The van der Waals surface area contributed by atoms with E-state index in [2.05, 4.69) is 20.9 Å². The molecule has 3 aromatic heterocycles. The van der Waals surface area contributed by atoms with Gasteiger partial charge in [0.05, 0.1) is 17.2 Å². The molecule has 0 aliphatic carbocycles. The molecule has 3 aromatic rings. The van der Waals surface area contributed by atoms with Gasteiger partial charge >= 0.3 is 5.97 Å². The maximum absolute atomic E-state index is 12.5. The van der Waals surface area contributed by atoms with Crippen molar-refractivity contribution in [3.8, 4) is 6.07 Å². The van der Waals surface area contributed by atoms with Crippen molar-refractivity contribution in [2.24, 2.45) is 5.92 Å². The van der Waals surface area contributed by atoms with Crippen LogP contribution in [0.3, 0.4) is 0 Å². The number of rotatable bonds is 4. The van der Waals surface area contributed by atoms with Crippen molar-refractivity contribution in [3.05, 3.63) is 69.9 Å². The molecule has 0 aromatic carbocycles. The highest BCUT2D eigenvalue weighted by Crippen LogP contribution is 2.23. The number of pyridine rings is 2. The number of hydrogen-bond donors (Lipinski definition) is 0. The lowest BCUT2D eigenvalue weighted by Crippen LogP contribution is -2.37. The third-order valence-corrected chi connectivity index (χ3v) is 5.32. The van der Waals surface area contributed by atoms with Crippen molar-refractivity contribution < 1.29 is 9.53 Å². The molecule has 0 atom stereocenters. The molecule has 0 bridgehead atoms. The smallest absolute Gasteiger partial charge is 0.309 e. The summed E-state index contributed by atoms with van der Waals surface area (Å²) in [5, 5.41) is 8.87. The molecule has 0 unspecified atom stereocenters. The van der Waals surface area contributed by atoms with E-state index >= 15 is 0 Å². The molecule has 0 N–H and O–H groups in total. The maximum atomic E-state index is 12.5. The quantitative estimate of drug-likeness (QED) is 0.616. The van der Waals surface area contributed by atoms with Gasteiger partial charge in [-0.3, -0.25) is 14.0 Å². The first-order chi connectivity index (χ1) is 14.5. The van der Waals surface area contributed by atoms with Crippen molar-refractivity contribution >= 4 is 17.4 Å². The summed E-state index contributed by atoms with van der Waals surface area (Å²) in [6.45, 7) is 3.20. The second kappa shape index (κ2) is 8.33. The van der Waals surface area contributed by atoms with Crippen LogP contribution < -0.4 is 10.5 Å². The van der Waals surface area contributed by atoms with Gasteiger partial charge in [0.2, 0.25) is 0 Å². The zero-order chi connectivity index (χ0) is 21.1. The molecule has 1 aliphatic heterocycles. The summed E-state index contributed by atoms with van der Waals surface area (Å²) in [4.78, 5) is 35.7. The van der Waals surface area contributed by atoms with Crippen LogP contribution in [0.5, 0.6) is 0 Å². The van der Waals surface area contributed by atoms with E-state index in [-0.39, 0.29) is 24.1 Å². The Balaban J connectivity index is 1.34. The summed E-state index contributed by atoms with van der Waals surface area (Å²) < 4.78 is 6.98. The molecule has 8 heteroatoms. The normalized spacial score (nSPS) is 14.5. The third-order valence-electron chi connectivity index (χ3n) is 5.32. The zero-order valence-corrected chi connectivity index (χ0v) is 16.6. The van der Waals surface area contributed by atoms with Gasteiger partial charge in [-0.25, -0.2) is 9.97 Å². The van der Waals surface area contributed by atoms with Crippen LogP contribution >= 0.6 is 0 Å². The fraction of sp³-hybridized carbons (Fsp3) is 0.318. The second-order valence-corrected chi connectivity index (χ2v) is 7.33. The molecule has 0 spiro atoms. The van der Waals surface area contributed by atoms with Crippen LogP contribution in [0.1, 0.15) is 29.8 Å². The standard InChI is InChI=1S/C22H21N5O3/c1-15-3-2-4-20-25-18(11-21(28)27(15)20)14-30-22(29)17-7-9-26(10-8-17)19-6-5-16(12-23)13-24-19/h2-6,11,13,17H,7-10,14H2,1H3. The minimum Gasteiger partial charge on any atom is -0.459 e. The average Bonchev–Trinajstić information content (AvgIpc) is 2.77. The molecule has 0 amide bonds. The van der Waals surface area contributed by atoms with Crippen LogP contribution in [0.4, 0.5) is 5.82 Å². The highest BCUT2D eigenvalue weighted by molar-refractivity contribution is 5.72. The molecular formula is C22H21N5O3. The highest BCUT2D eigenvalue weighted by Gasteiger charge is 2.27. The monoisotopic (exact) mass is 403 g/mol. The Kier molecular flexibility index (Phi) is 5.44. The molecule has 0 saturated carbocycles. The molecular weight excluding hydrogens is 382 g/mol. The Labute approximate surface area is 173 Å². The Morgan fingerprint density at radius 1 is 1.27 bits per heavy atom. The summed E-state index contributed by atoms with van der Waals surface area (Å²) >= 11 is 0. The summed E-state index contributed by atoms with van der Waals surface area (Å²) in [5.74, 6) is 0.342. The largest absolute Gasteiger partial charge is 0.459 e. The summed E-state index contributed by atoms with van der Waals surface area (Å²) in [6.07, 6.45) is 2.87. The van der Waals surface area contributed by atoms with E-state index in [4.69, 9.17) is 10.00 Å². The Bertz CT molecular complexity index is 1170. The number of fused-ring (bicyclic) bond motifs is 1. The minimum absolute atomic E-state index is 0.0179. The van der Waals surface area contributed by atoms with E-state index in [0.29, 0.717) is 42.8 Å². The molecule has 152 valence electrons. The van der Waals surface area contributed by atoms with Crippen LogP contribution in [0.2, 0.25) is 0 Å². The number of esters is 1. The van der Waals surface area contributed by atoms with Gasteiger partial charge in [-0.1, -0.05) is 6.07 Å². The lowest BCUT2D eigenvalue weighted by atomic mass is 9.97. The predicted molar refractivity (Wildman–Crippen MR) is 110 cm³/mol. The van der Waals surface area contributed by atoms with Crippen molar-refractivity contribution in [1.82, 2.24) is 14.4 Å². The van der Waals surface area contributed by atoms with Crippen LogP contribution in [0.25, 0.3) is 5.65 Å². The van der Waals surface area contributed by atoms with E-state index < -0.39 is 0 Å². The van der Waals surface area contributed by atoms with E-state index in [1.165, 1.54) is 10.5 Å². The third kappa shape index (κ3) is 4.01. The Hall–Kier alpha value is -3.73. The molecule has 1 saturated heterocycles. The number of hydrogen-bond acceptors (Lipinski definition) is 7. The van der Waals surface area contributed by atoms with Gasteiger partial charge in [0.25, 0.3) is 5.56 Å². The lowest BCUT2D eigenvalue weighted by molar-refractivity contribution is -0.150. The average molecular weight is 403 g/mol. The number of nitrogens with zero attached hydrogens (tertiary/aromatic N) is 5. The van der Waals surface area contributed by atoms with Gasteiger partial charge in [0, 0.05) is 31.0 Å². The van der Waals surface area contributed by atoms with Gasteiger partial charge in [0.1, 0.15) is 24.1 Å². The molecule has 1 fully saturated rings. The fourth-order valence-electron chi connectivity index (χ4n) is 3.68. The van der Waals surface area contributed by atoms with Crippen LogP contribution in [0.15, 0.2) is 47.4 Å². The number of piperidine rings is 1. The Morgan fingerprint density at radius 2 is 2.07 bits per heavy atom. The number of anilines is 1. The van der Waals surface area contributed by atoms with Crippen LogP contribution in [0, 0.1) is 24.2 Å². The number of aryl methyl sites for hydroxylation is 1. The molecule has 1 aliphatic rings. The van der Waals surface area contributed by atoms with Crippen LogP contribution in [-0.2, 0) is 16.1 Å². The SMILES string of the molecule is Cc1cccc2nc(COC(=O)C3CCN(c4ccc(C#N)cn4)CC3)cc(=O)n12. The molecule has 4 heterocycles. The number of aromatic nitrogens is 3. The predicted octanol–water partition coefficient (Wildman–Crippen LogP) is 2.23. The minimum atomic E-state index is -0.270. The van der Waals surface area contributed by atoms with Gasteiger partial charge in [-0.05, 0) is 44.0 Å². The van der Waals surface area contributed by atoms with Gasteiger partial charge in [-0.2, -0.15) is 5.26 Å².